The number of ketones is 1. The molecule has 1 unspecified atom stereocenters. The number of fused-ring (bicyclic) bond motifs is 1. The molecule has 0 fully saturated rings. The molecule has 1 aliphatic rings. The Morgan fingerprint density at radius 3 is 2.65 bits per heavy atom. The number of anilines is 1. The number of carbonyl (C=O) groups excluding carboxylic acids is 2. The topological polar surface area (TPSA) is 70.5 Å². The minimum Gasteiger partial charge on any atom is -0.503 e. The molecule has 5 nitrogen and oxygen atoms in total. The summed E-state index contributed by atoms with van der Waals surface area (Å²) in [7, 11) is 0. The fraction of sp³-hybridized carbons (Fsp3) is 0.0741. The first-order valence-electron chi connectivity index (χ1n) is 10.6. The van der Waals surface area contributed by atoms with Gasteiger partial charge >= 0.3 is 0 Å². The summed E-state index contributed by atoms with van der Waals surface area (Å²) in [5, 5.41) is 11.7. The van der Waals surface area contributed by atoms with Crippen LogP contribution in [0.4, 0.5) is 5.13 Å². The van der Waals surface area contributed by atoms with Gasteiger partial charge in [0.2, 0.25) is 0 Å². The number of hydrogen-bond donors (Lipinski definition) is 1. The molecule has 1 aromatic heterocycles. The zero-order valence-electron chi connectivity index (χ0n) is 18.1. The Morgan fingerprint density at radius 2 is 1.88 bits per heavy atom. The first kappa shape index (κ1) is 22.1. The highest BCUT2D eigenvalue weighted by Crippen LogP contribution is 2.44. The Hall–Kier alpha value is -3.74. The van der Waals surface area contributed by atoms with E-state index in [0.29, 0.717) is 15.7 Å². The molecule has 34 heavy (non-hydrogen) atoms. The SMILES string of the molecule is Cc1ccc2nc(N3C(=O)C(O)=C(C(=O)/C=C/c4ccccc4)C3c3cccc(Cl)c3)sc2c1. The van der Waals surface area contributed by atoms with Crippen LogP contribution in [0.2, 0.25) is 5.02 Å². The molecule has 5 rings (SSSR count). The van der Waals surface area contributed by atoms with Gasteiger partial charge in [-0.05, 0) is 54.0 Å². The molecule has 7 heteroatoms. The van der Waals surface area contributed by atoms with Gasteiger partial charge in [0.1, 0.15) is 0 Å². The average molecular weight is 487 g/mol. The van der Waals surface area contributed by atoms with Gasteiger partial charge in [-0.25, -0.2) is 4.98 Å². The summed E-state index contributed by atoms with van der Waals surface area (Å²) in [6.07, 6.45) is 3.03. The number of aryl methyl sites for hydroxylation is 1. The number of halogens is 1. The van der Waals surface area contributed by atoms with E-state index in [1.165, 1.54) is 22.3 Å². The molecule has 0 spiro atoms. The third-order valence-electron chi connectivity index (χ3n) is 5.60. The van der Waals surface area contributed by atoms with Gasteiger partial charge in [0.15, 0.2) is 16.7 Å². The predicted molar refractivity (Wildman–Crippen MR) is 136 cm³/mol. The van der Waals surface area contributed by atoms with Crippen LogP contribution >= 0.6 is 22.9 Å². The Balaban J connectivity index is 1.61. The molecule has 1 atom stereocenters. The minimum absolute atomic E-state index is 0.00474. The maximum atomic E-state index is 13.3. The fourth-order valence-electron chi connectivity index (χ4n) is 3.99. The molecule has 1 aliphatic heterocycles. The lowest BCUT2D eigenvalue weighted by molar-refractivity contribution is -0.117. The quantitative estimate of drug-likeness (QED) is 0.329. The second kappa shape index (κ2) is 8.89. The summed E-state index contributed by atoms with van der Waals surface area (Å²) in [5.74, 6) is -1.71. The molecule has 4 aromatic rings. The third-order valence-corrected chi connectivity index (χ3v) is 6.86. The zero-order valence-corrected chi connectivity index (χ0v) is 19.7. The molecule has 0 bridgehead atoms. The predicted octanol–water partition coefficient (Wildman–Crippen LogP) is 6.44. The molecule has 1 amide bonds. The molecule has 0 saturated carbocycles. The summed E-state index contributed by atoms with van der Waals surface area (Å²) < 4.78 is 0.913. The Kier molecular flexibility index (Phi) is 5.77. The third kappa shape index (κ3) is 4.02. The second-order valence-corrected chi connectivity index (χ2v) is 9.42. The van der Waals surface area contributed by atoms with Crippen LogP contribution in [0.25, 0.3) is 16.3 Å². The van der Waals surface area contributed by atoms with Crippen molar-refractivity contribution in [1.29, 1.82) is 0 Å². The van der Waals surface area contributed by atoms with E-state index in [-0.39, 0.29) is 5.57 Å². The van der Waals surface area contributed by atoms with Crippen molar-refractivity contribution >= 4 is 56.1 Å². The zero-order chi connectivity index (χ0) is 23.8. The second-order valence-electron chi connectivity index (χ2n) is 7.97. The van der Waals surface area contributed by atoms with Gasteiger partial charge in [0.25, 0.3) is 5.91 Å². The van der Waals surface area contributed by atoms with Crippen LogP contribution in [0.3, 0.4) is 0 Å². The number of thiazole rings is 1. The van der Waals surface area contributed by atoms with Crippen molar-refractivity contribution < 1.29 is 14.7 Å². The number of benzene rings is 3. The van der Waals surface area contributed by atoms with Crippen molar-refractivity contribution in [2.45, 2.75) is 13.0 Å². The van der Waals surface area contributed by atoms with Gasteiger partial charge in [0.05, 0.1) is 21.8 Å². The van der Waals surface area contributed by atoms with E-state index in [1.807, 2.05) is 55.5 Å². The van der Waals surface area contributed by atoms with Crippen LogP contribution in [-0.4, -0.2) is 21.8 Å². The van der Waals surface area contributed by atoms with Gasteiger partial charge in [-0.15, -0.1) is 0 Å². The summed E-state index contributed by atoms with van der Waals surface area (Å²) in [6, 6.07) is 21.3. The summed E-state index contributed by atoms with van der Waals surface area (Å²) >= 11 is 7.58. The molecule has 168 valence electrons. The van der Waals surface area contributed by atoms with Crippen LogP contribution in [0.1, 0.15) is 22.7 Å². The summed E-state index contributed by atoms with van der Waals surface area (Å²) in [4.78, 5) is 32.6. The average Bonchev–Trinajstić information content (AvgIpc) is 3.36. The number of aromatic nitrogens is 1. The number of aliphatic hydroxyl groups is 1. The molecule has 1 N–H and O–H groups in total. The molecular formula is C27H19ClN2O3S. The normalized spacial score (nSPS) is 16.2. The highest BCUT2D eigenvalue weighted by Gasteiger charge is 2.45. The number of carbonyl (C=O) groups is 2. The Bertz CT molecular complexity index is 1490. The first-order valence-corrected chi connectivity index (χ1v) is 11.8. The van der Waals surface area contributed by atoms with Crippen molar-refractivity contribution in [3.63, 3.8) is 0 Å². The van der Waals surface area contributed by atoms with Crippen LogP contribution in [0.15, 0.2) is 90.2 Å². The van der Waals surface area contributed by atoms with Gasteiger partial charge in [0, 0.05) is 5.02 Å². The van der Waals surface area contributed by atoms with E-state index in [4.69, 9.17) is 11.6 Å². The number of amides is 1. The molecule has 2 heterocycles. The van der Waals surface area contributed by atoms with Gasteiger partial charge in [-0.3, -0.25) is 14.5 Å². The van der Waals surface area contributed by atoms with Gasteiger partial charge < -0.3 is 5.11 Å². The lowest BCUT2D eigenvalue weighted by Gasteiger charge is -2.24. The first-order chi connectivity index (χ1) is 16.4. The lowest BCUT2D eigenvalue weighted by Crippen LogP contribution is -2.30. The monoisotopic (exact) mass is 486 g/mol. The summed E-state index contributed by atoms with van der Waals surface area (Å²) in [5.41, 5.74) is 3.25. The maximum Gasteiger partial charge on any atom is 0.296 e. The molecular weight excluding hydrogens is 468 g/mol. The number of allylic oxidation sites excluding steroid dienone is 1. The Morgan fingerprint density at radius 1 is 1.09 bits per heavy atom. The van der Waals surface area contributed by atoms with Gasteiger partial charge in [-0.2, -0.15) is 0 Å². The summed E-state index contributed by atoms with van der Waals surface area (Å²) in [6.45, 7) is 1.98. The standard InChI is InChI=1S/C27H19ClN2O3S/c1-16-10-12-20-22(14-16)34-27(29-20)30-24(18-8-5-9-19(28)15-18)23(25(32)26(30)33)21(31)13-11-17-6-3-2-4-7-17/h2-15,24,32H,1H3/b13-11+. The smallest absolute Gasteiger partial charge is 0.296 e. The van der Waals surface area contributed by atoms with E-state index in [9.17, 15) is 14.7 Å². The van der Waals surface area contributed by atoms with Crippen LogP contribution in [0.5, 0.6) is 0 Å². The molecule has 3 aromatic carbocycles. The minimum atomic E-state index is -0.860. The van der Waals surface area contributed by atoms with Crippen LogP contribution in [0, 0.1) is 6.92 Å². The molecule has 0 radical (unpaired) electrons. The fourth-order valence-corrected chi connectivity index (χ4v) is 5.28. The van der Waals surface area contributed by atoms with E-state index in [1.54, 1.807) is 30.3 Å². The maximum absolute atomic E-state index is 13.3. The number of hydrogen-bond acceptors (Lipinski definition) is 5. The van der Waals surface area contributed by atoms with E-state index in [2.05, 4.69) is 4.98 Å². The largest absolute Gasteiger partial charge is 0.503 e. The van der Waals surface area contributed by atoms with Crippen molar-refractivity contribution in [2.24, 2.45) is 0 Å². The highest BCUT2D eigenvalue weighted by molar-refractivity contribution is 7.22. The van der Waals surface area contributed by atoms with Crippen LogP contribution < -0.4 is 4.90 Å². The van der Waals surface area contributed by atoms with Crippen LogP contribution in [-0.2, 0) is 9.59 Å². The van der Waals surface area contributed by atoms with Crippen molar-refractivity contribution in [3.05, 3.63) is 112 Å². The van der Waals surface area contributed by atoms with Crippen molar-refractivity contribution in [1.82, 2.24) is 4.98 Å². The number of aliphatic hydroxyl groups excluding tert-OH is 1. The molecule has 0 saturated heterocycles. The van der Waals surface area contributed by atoms with Gasteiger partial charge in [-0.1, -0.05) is 77.5 Å². The number of rotatable bonds is 5. The lowest BCUT2D eigenvalue weighted by atomic mass is 9.96. The van der Waals surface area contributed by atoms with E-state index < -0.39 is 23.5 Å². The van der Waals surface area contributed by atoms with E-state index >= 15 is 0 Å². The van der Waals surface area contributed by atoms with Crippen molar-refractivity contribution in [2.75, 3.05) is 4.90 Å². The molecule has 0 aliphatic carbocycles. The van der Waals surface area contributed by atoms with E-state index in [0.717, 1.165) is 21.3 Å². The number of nitrogens with zero attached hydrogens (tertiary/aromatic N) is 2. The Labute approximate surface area is 205 Å². The van der Waals surface area contributed by atoms with Crippen molar-refractivity contribution in [3.8, 4) is 0 Å². The highest BCUT2D eigenvalue weighted by atomic mass is 35.5.